The third-order valence-electron chi connectivity index (χ3n) is 6.02. The van der Waals surface area contributed by atoms with E-state index in [1.807, 2.05) is 0 Å². The van der Waals surface area contributed by atoms with Crippen molar-refractivity contribution in [2.75, 3.05) is 18.4 Å². The molecule has 1 aliphatic rings. The number of likely N-dealkylation sites (tertiary alicyclic amines) is 1. The Morgan fingerprint density at radius 1 is 1.11 bits per heavy atom. The van der Waals surface area contributed by atoms with Crippen LogP contribution in [-0.2, 0) is 17.5 Å². The maximum atomic E-state index is 13.2. The highest BCUT2D eigenvalue weighted by atomic mass is 19.4. The number of amides is 2. The lowest BCUT2D eigenvalue weighted by Crippen LogP contribution is -2.43. The number of carbonyl (C=O) groups excluding carboxylic acids is 2. The molecule has 1 unspecified atom stereocenters. The number of nitrogens with one attached hydrogen (secondary N) is 1. The fourth-order valence-electron chi connectivity index (χ4n) is 4.26. The van der Waals surface area contributed by atoms with Crippen molar-refractivity contribution in [2.45, 2.75) is 25.6 Å². The van der Waals surface area contributed by atoms with Gasteiger partial charge in [0.25, 0.3) is 5.91 Å². The van der Waals surface area contributed by atoms with Crippen LogP contribution < -0.4 is 5.32 Å². The second-order valence-corrected chi connectivity index (χ2v) is 8.36. The number of benzene rings is 1. The summed E-state index contributed by atoms with van der Waals surface area (Å²) in [6, 6.07) is 9.87. The monoisotopic (exact) mass is 486 g/mol. The van der Waals surface area contributed by atoms with Gasteiger partial charge in [-0.3, -0.25) is 14.9 Å². The maximum absolute atomic E-state index is 13.2. The summed E-state index contributed by atoms with van der Waals surface area (Å²) in [7, 11) is 0. The molecule has 1 aliphatic heterocycles. The molecule has 1 N–H and O–H groups in total. The molecule has 35 heavy (non-hydrogen) atoms. The number of piperidine rings is 1. The van der Waals surface area contributed by atoms with E-state index in [1.54, 1.807) is 33.7 Å². The maximum Gasteiger partial charge on any atom is 0.416 e. The summed E-state index contributed by atoms with van der Waals surface area (Å²) < 4.78 is 51.8. The number of halogens is 3. The van der Waals surface area contributed by atoms with Gasteiger partial charge >= 0.3 is 6.18 Å². The number of alkyl halides is 3. The van der Waals surface area contributed by atoms with Crippen LogP contribution >= 0.6 is 0 Å². The molecule has 11 heteroatoms. The molecule has 4 heterocycles. The van der Waals surface area contributed by atoms with Gasteiger partial charge in [0.05, 0.1) is 41.6 Å². The largest absolute Gasteiger partial charge is 0.467 e. The first-order valence-corrected chi connectivity index (χ1v) is 11.0. The van der Waals surface area contributed by atoms with Crippen molar-refractivity contribution in [3.05, 3.63) is 72.1 Å². The number of rotatable bonds is 5. The molecule has 2 amide bonds. The highest BCUT2D eigenvalue weighted by Crippen LogP contribution is 2.32. The van der Waals surface area contributed by atoms with Crippen molar-refractivity contribution in [2.24, 2.45) is 5.92 Å². The van der Waals surface area contributed by atoms with Crippen molar-refractivity contribution in [3.8, 4) is 0 Å². The minimum absolute atomic E-state index is 0.0972. The van der Waals surface area contributed by atoms with Crippen LogP contribution in [0.1, 0.15) is 34.7 Å². The summed E-state index contributed by atoms with van der Waals surface area (Å²) in [5.74, 6) is -0.314. The molecule has 0 aliphatic carbocycles. The first-order valence-electron chi connectivity index (χ1n) is 11.0. The first kappa shape index (κ1) is 22.8. The van der Waals surface area contributed by atoms with E-state index < -0.39 is 17.7 Å². The average Bonchev–Trinajstić information content (AvgIpc) is 3.61. The fraction of sp³-hybridized carbons (Fsp3) is 0.292. The Balaban J connectivity index is 1.41. The molecule has 1 fully saturated rings. The van der Waals surface area contributed by atoms with Gasteiger partial charge in [0.2, 0.25) is 11.9 Å². The van der Waals surface area contributed by atoms with Crippen LogP contribution in [0.3, 0.4) is 0 Å². The molecular formula is C24H21F3N4O4. The topological polar surface area (TPSA) is 93.5 Å². The number of fused-ring (bicyclic) bond motifs is 1. The van der Waals surface area contributed by atoms with Crippen LogP contribution in [-0.4, -0.2) is 39.4 Å². The van der Waals surface area contributed by atoms with Gasteiger partial charge < -0.3 is 18.3 Å². The lowest BCUT2D eigenvalue weighted by molar-refractivity contribution is -0.137. The highest BCUT2D eigenvalue weighted by molar-refractivity contribution is 5.95. The van der Waals surface area contributed by atoms with Gasteiger partial charge in [0.1, 0.15) is 5.76 Å². The van der Waals surface area contributed by atoms with Crippen LogP contribution in [0.15, 0.2) is 63.8 Å². The molecule has 3 aromatic heterocycles. The Hall–Kier alpha value is -4.02. The molecule has 1 saturated heterocycles. The van der Waals surface area contributed by atoms with Crippen LogP contribution in [0.25, 0.3) is 11.0 Å². The van der Waals surface area contributed by atoms with Crippen LogP contribution in [0.5, 0.6) is 0 Å². The molecule has 1 aromatic carbocycles. The second kappa shape index (κ2) is 8.97. The molecule has 1 atom stereocenters. The van der Waals surface area contributed by atoms with Crippen molar-refractivity contribution in [1.82, 2.24) is 14.5 Å². The van der Waals surface area contributed by atoms with Crippen molar-refractivity contribution >= 4 is 28.8 Å². The van der Waals surface area contributed by atoms with E-state index in [-0.39, 0.29) is 42.1 Å². The number of hydrogen-bond acceptors (Lipinski definition) is 5. The molecule has 0 radical (unpaired) electrons. The van der Waals surface area contributed by atoms with Gasteiger partial charge in [-0.25, -0.2) is 4.98 Å². The number of hydrogen-bond donors (Lipinski definition) is 1. The number of carbonyl (C=O) groups is 2. The van der Waals surface area contributed by atoms with Crippen molar-refractivity contribution < 1.29 is 31.6 Å². The number of nitrogens with zero attached hydrogens (tertiary/aromatic N) is 3. The van der Waals surface area contributed by atoms with Gasteiger partial charge in [0, 0.05) is 13.1 Å². The molecule has 0 saturated carbocycles. The second-order valence-electron chi connectivity index (χ2n) is 8.36. The van der Waals surface area contributed by atoms with E-state index in [2.05, 4.69) is 10.3 Å². The predicted molar refractivity (Wildman–Crippen MR) is 119 cm³/mol. The first-order chi connectivity index (χ1) is 16.8. The quantitative estimate of drug-likeness (QED) is 0.438. The van der Waals surface area contributed by atoms with E-state index in [0.717, 1.165) is 12.1 Å². The summed E-state index contributed by atoms with van der Waals surface area (Å²) in [6.07, 6.45) is -0.433. The number of furan rings is 2. The van der Waals surface area contributed by atoms with Crippen molar-refractivity contribution in [3.63, 3.8) is 0 Å². The van der Waals surface area contributed by atoms with Crippen LogP contribution in [0.2, 0.25) is 0 Å². The Kier molecular flexibility index (Phi) is 5.83. The predicted octanol–water partition coefficient (Wildman–Crippen LogP) is 4.78. The van der Waals surface area contributed by atoms with Gasteiger partial charge in [0.15, 0.2) is 5.76 Å². The summed E-state index contributed by atoms with van der Waals surface area (Å²) in [5, 5.41) is 2.76. The number of anilines is 1. The third kappa shape index (κ3) is 4.66. The number of imidazole rings is 1. The summed E-state index contributed by atoms with van der Waals surface area (Å²) >= 11 is 0. The smallest absolute Gasteiger partial charge is 0.416 e. The van der Waals surface area contributed by atoms with E-state index in [1.165, 1.54) is 18.6 Å². The zero-order chi connectivity index (χ0) is 24.6. The Bertz CT molecular complexity index is 1340. The summed E-state index contributed by atoms with van der Waals surface area (Å²) in [6.45, 7) is 0.862. The SMILES string of the molecule is O=C(Nc1nc2cc(C(F)(F)F)ccc2n1Cc1ccco1)C1CCCN(C(=O)c2ccco2)C1. The number of aromatic nitrogens is 2. The molecule has 0 spiro atoms. The molecule has 182 valence electrons. The van der Waals surface area contributed by atoms with Gasteiger partial charge in [-0.05, 0) is 55.3 Å². The lowest BCUT2D eigenvalue weighted by Gasteiger charge is -2.31. The molecular weight excluding hydrogens is 465 g/mol. The van der Waals surface area contributed by atoms with Crippen LogP contribution in [0, 0.1) is 5.92 Å². The zero-order valence-electron chi connectivity index (χ0n) is 18.4. The fourth-order valence-corrected chi connectivity index (χ4v) is 4.26. The summed E-state index contributed by atoms with van der Waals surface area (Å²) in [4.78, 5) is 31.6. The Morgan fingerprint density at radius 3 is 2.63 bits per heavy atom. The molecule has 0 bridgehead atoms. The van der Waals surface area contributed by atoms with Crippen LogP contribution in [0.4, 0.5) is 19.1 Å². The summed E-state index contributed by atoms with van der Waals surface area (Å²) in [5.41, 5.74) is -0.312. The Morgan fingerprint density at radius 2 is 1.91 bits per heavy atom. The average molecular weight is 486 g/mol. The molecule has 8 nitrogen and oxygen atoms in total. The zero-order valence-corrected chi connectivity index (χ0v) is 18.4. The van der Waals surface area contributed by atoms with Gasteiger partial charge in [-0.1, -0.05) is 0 Å². The van der Waals surface area contributed by atoms with E-state index in [9.17, 15) is 22.8 Å². The normalized spacial score (nSPS) is 16.5. The highest BCUT2D eigenvalue weighted by Gasteiger charge is 2.33. The molecule has 5 rings (SSSR count). The van der Waals surface area contributed by atoms with E-state index in [0.29, 0.717) is 30.7 Å². The van der Waals surface area contributed by atoms with Crippen molar-refractivity contribution in [1.29, 1.82) is 0 Å². The van der Waals surface area contributed by atoms with E-state index >= 15 is 0 Å². The third-order valence-corrected chi connectivity index (χ3v) is 6.02. The van der Waals surface area contributed by atoms with E-state index in [4.69, 9.17) is 8.83 Å². The Labute approximate surface area is 197 Å². The molecule has 4 aromatic rings. The standard InChI is InChI=1S/C24H21F3N4O4/c25-24(26,27)16-7-8-19-18(12-16)28-23(31(19)14-17-5-2-10-34-17)29-21(32)15-4-1-9-30(13-15)22(33)20-6-3-11-35-20/h2-3,5-8,10-12,15H,1,4,9,13-14H2,(H,28,29,32). The minimum atomic E-state index is -4.52. The van der Waals surface area contributed by atoms with Gasteiger partial charge in [-0.15, -0.1) is 0 Å². The minimum Gasteiger partial charge on any atom is -0.467 e. The van der Waals surface area contributed by atoms with Gasteiger partial charge in [-0.2, -0.15) is 13.2 Å². The lowest BCUT2D eigenvalue weighted by atomic mass is 9.97.